The Kier molecular flexibility index (Phi) is 5.29. The summed E-state index contributed by atoms with van der Waals surface area (Å²) in [5.41, 5.74) is -0.0923. The molecule has 1 amide bonds. The van der Waals surface area contributed by atoms with Crippen molar-refractivity contribution in [2.24, 2.45) is 5.92 Å². The molecule has 0 bridgehead atoms. The summed E-state index contributed by atoms with van der Waals surface area (Å²) in [5, 5.41) is 0.577. The molecule has 2 aliphatic rings. The molecule has 0 aromatic heterocycles. The summed E-state index contributed by atoms with van der Waals surface area (Å²) in [5.74, 6) is 0.683. The number of likely N-dealkylation sites (N-methyl/N-ethyl adjacent to an activating group) is 1. The quantitative estimate of drug-likeness (QED) is 0.790. The second-order valence-corrected chi connectivity index (χ2v) is 7.68. The number of carbonyl (C=O) groups excluding carboxylic acids is 2. The van der Waals surface area contributed by atoms with Gasteiger partial charge in [-0.2, -0.15) is 0 Å². The SMILES string of the molecule is CN(C(=O)CC1CCCC1)[C@]1(c2ccccc2Cl)CCCCC1=O. The molecule has 0 spiro atoms. The minimum Gasteiger partial charge on any atom is -0.329 e. The number of Topliss-reactive ketones (excluding diaryl/α,β-unsaturated/α-hetero) is 1. The Labute approximate surface area is 149 Å². The van der Waals surface area contributed by atoms with E-state index in [2.05, 4.69) is 0 Å². The van der Waals surface area contributed by atoms with E-state index in [9.17, 15) is 9.59 Å². The van der Waals surface area contributed by atoms with Crippen LogP contribution in [0.2, 0.25) is 5.02 Å². The first-order valence-electron chi connectivity index (χ1n) is 9.10. The van der Waals surface area contributed by atoms with Gasteiger partial charge in [-0.1, -0.05) is 42.6 Å². The third-order valence-corrected chi connectivity index (χ3v) is 6.19. The van der Waals surface area contributed by atoms with Crippen molar-refractivity contribution >= 4 is 23.3 Å². The molecule has 0 aliphatic heterocycles. The molecule has 3 nitrogen and oxygen atoms in total. The van der Waals surface area contributed by atoms with Gasteiger partial charge in [-0.3, -0.25) is 9.59 Å². The van der Waals surface area contributed by atoms with Gasteiger partial charge in [-0.05, 0) is 44.1 Å². The van der Waals surface area contributed by atoms with Crippen LogP contribution < -0.4 is 0 Å². The van der Waals surface area contributed by atoms with Crippen LogP contribution >= 0.6 is 11.6 Å². The molecule has 3 rings (SSSR count). The third-order valence-electron chi connectivity index (χ3n) is 5.86. The highest BCUT2D eigenvalue weighted by Crippen LogP contribution is 2.43. The van der Waals surface area contributed by atoms with Crippen molar-refractivity contribution in [2.45, 2.75) is 63.3 Å². The smallest absolute Gasteiger partial charge is 0.223 e. The Morgan fingerprint density at radius 3 is 2.58 bits per heavy atom. The van der Waals surface area contributed by atoms with E-state index in [1.165, 1.54) is 12.8 Å². The first kappa shape index (κ1) is 17.5. The van der Waals surface area contributed by atoms with Gasteiger partial charge in [0, 0.05) is 30.5 Å². The van der Waals surface area contributed by atoms with Crippen LogP contribution in [-0.2, 0) is 15.1 Å². The molecular weight excluding hydrogens is 322 g/mol. The lowest BCUT2D eigenvalue weighted by atomic mass is 9.74. The molecule has 2 aliphatic carbocycles. The summed E-state index contributed by atoms with van der Waals surface area (Å²) in [4.78, 5) is 27.7. The van der Waals surface area contributed by atoms with Crippen LogP contribution in [0.4, 0.5) is 0 Å². The molecular formula is C20H26ClNO2. The van der Waals surface area contributed by atoms with E-state index in [1.807, 2.05) is 24.3 Å². The Morgan fingerprint density at radius 2 is 1.92 bits per heavy atom. The zero-order chi connectivity index (χ0) is 17.2. The highest BCUT2D eigenvalue weighted by molar-refractivity contribution is 6.31. The first-order chi connectivity index (χ1) is 11.6. The molecule has 2 saturated carbocycles. The van der Waals surface area contributed by atoms with Gasteiger partial charge >= 0.3 is 0 Å². The molecule has 0 heterocycles. The molecule has 0 radical (unpaired) electrons. The van der Waals surface area contributed by atoms with Crippen molar-refractivity contribution in [1.82, 2.24) is 4.90 Å². The molecule has 1 aromatic rings. The highest BCUT2D eigenvalue weighted by atomic mass is 35.5. The van der Waals surface area contributed by atoms with E-state index >= 15 is 0 Å². The van der Waals surface area contributed by atoms with Crippen molar-refractivity contribution in [3.8, 4) is 0 Å². The predicted octanol–water partition coefficient (Wildman–Crippen LogP) is 4.72. The summed E-state index contributed by atoms with van der Waals surface area (Å²) in [7, 11) is 1.80. The summed E-state index contributed by atoms with van der Waals surface area (Å²) in [6.07, 6.45) is 8.28. The van der Waals surface area contributed by atoms with Crippen LogP contribution in [0.15, 0.2) is 24.3 Å². The molecule has 0 unspecified atom stereocenters. The number of ketones is 1. The number of amides is 1. The van der Waals surface area contributed by atoms with Gasteiger partial charge in [0.1, 0.15) is 5.54 Å². The van der Waals surface area contributed by atoms with Crippen molar-refractivity contribution in [3.63, 3.8) is 0 Å². The average molecular weight is 348 g/mol. The fraction of sp³-hybridized carbons (Fsp3) is 0.600. The van der Waals surface area contributed by atoms with Crippen LogP contribution in [0.3, 0.4) is 0 Å². The maximum Gasteiger partial charge on any atom is 0.223 e. The molecule has 0 N–H and O–H groups in total. The van der Waals surface area contributed by atoms with E-state index in [4.69, 9.17) is 11.6 Å². The van der Waals surface area contributed by atoms with Gasteiger partial charge in [0.15, 0.2) is 5.78 Å². The third kappa shape index (κ3) is 3.11. The lowest BCUT2D eigenvalue weighted by Crippen LogP contribution is -2.54. The topological polar surface area (TPSA) is 37.4 Å². The average Bonchev–Trinajstić information content (AvgIpc) is 3.08. The molecule has 130 valence electrons. The van der Waals surface area contributed by atoms with Crippen LogP contribution in [0.5, 0.6) is 0 Å². The molecule has 2 fully saturated rings. The number of carbonyl (C=O) groups is 2. The summed E-state index contributed by atoms with van der Waals surface area (Å²) >= 11 is 6.44. The van der Waals surface area contributed by atoms with Crippen molar-refractivity contribution in [3.05, 3.63) is 34.9 Å². The number of rotatable bonds is 4. The molecule has 4 heteroatoms. The Balaban J connectivity index is 1.93. The molecule has 1 aromatic carbocycles. The maximum absolute atomic E-state index is 13.0. The predicted molar refractivity (Wildman–Crippen MR) is 96.0 cm³/mol. The molecule has 24 heavy (non-hydrogen) atoms. The number of benzene rings is 1. The van der Waals surface area contributed by atoms with Crippen molar-refractivity contribution < 1.29 is 9.59 Å². The monoisotopic (exact) mass is 347 g/mol. The van der Waals surface area contributed by atoms with Crippen LogP contribution in [0.25, 0.3) is 0 Å². The van der Waals surface area contributed by atoms with E-state index in [0.717, 1.165) is 31.2 Å². The fourth-order valence-corrected chi connectivity index (χ4v) is 4.73. The van der Waals surface area contributed by atoms with E-state index in [0.29, 0.717) is 30.2 Å². The van der Waals surface area contributed by atoms with Gasteiger partial charge in [0.05, 0.1) is 0 Å². The fourth-order valence-electron chi connectivity index (χ4n) is 4.44. The highest BCUT2D eigenvalue weighted by Gasteiger charge is 2.47. The zero-order valence-electron chi connectivity index (χ0n) is 14.4. The number of hydrogen-bond acceptors (Lipinski definition) is 2. The summed E-state index contributed by atoms with van der Waals surface area (Å²) in [6, 6.07) is 7.49. The van der Waals surface area contributed by atoms with Crippen LogP contribution in [0, 0.1) is 5.92 Å². The van der Waals surface area contributed by atoms with Gasteiger partial charge in [-0.15, -0.1) is 0 Å². The lowest BCUT2D eigenvalue weighted by Gasteiger charge is -2.44. The number of nitrogens with zero attached hydrogens (tertiary/aromatic N) is 1. The minimum atomic E-state index is -0.883. The summed E-state index contributed by atoms with van der Waals surface area (Å²) in [6.45, 7) is 0. The van der Waals surface area contributed by atoms with Crippen molar-refractivity contribution in [2.75, 3.05) is 7.05 Å². The Bertz CT molecular complexity index is 624. The van der Waals surface area contributed by atoms with E-state index in [-0.39, 0.29) is 11.7 Å². The standard InChI is InChI=1S/C20H26ClNO2/c1-22(19(24)14-15-8-2-3-9-15)20(13-7-6-12-18(20)23)16-10-4-5-11-17(16)21/h4-5,10-11,15H,2-3,6-9,12-14H2,1H3/t20-/m0/s1. The van der Waals surface area contributed by atoms with E-state index in [1.54, 1.807) is 11.9 Å². The van der Waals surface area contributed by atoms with Gasteiger partial charge in [-0.25, -0.2) is 0 Å². The second-order valence-electron chi connectivity index (χ2n) is 7.28. The Morgan fingerprint density at radius 1 is 1.21 bits per heavy atom. The number of hydrogen-bond donors (Lipinski definition) is 0. The number of halogens is 1. The largest absolute Gasteiger partial charge is 0.329 e. The lowest BCUT2D eigenvalue weighted by molar-refractivity contribution is -0.148. The molecule has 0 saturated heterocycles. The van der Waals surface area contributed by atoms with Crippen LogP contribution in [0.1, 0.15) is 63.4 Å². The first-order valence-corrected chi connectivity index (χ1v) is 9.48. The zero-order valence-corrected chi connectivity index (χ0v) is 15.1. The molecule has 1 atom stereocenters. The summed E-state index contributed by atoms with van der Waals surface area (Å²) < 4.78 is 0. The normalized spacial score (nSPS) is 25.0. The van der Waals surface area contributed by atoms with Crippen molar-refractivity contribution in [1.29, 1.82) is 0 Å². The minimum absolute atomic E-state index is 0.0806. The maximum atomic E-state index is 13.0. The van der Waals surface area contributed by atoms with Gasteiger partial charge in [0.25, 0.3) is 0 Å². The Hall–Kier alpha value is -1.35. The van der Waals surface area contributed by atoms with Crippen LogP contribution in [-0.4, -0.2) is 23.6 Å². The van der Waals surface area contributed by atoms with Gasteiger partial charge in [0.2, 0.25) is 5.91 Å². The second kappa shape index (κ2) is 7.26. The van der Waals surface area contributed by atoms with E-state index < -0.39 is 5.54 Å². The van der Waals surface area contributed by atoms with Gasteiger partial charge < -0.3 is 4.90 Å².